The summed E-state index contributed by atoms with van der Waals surface area (Å²) in [5.41, 5.74) is 89.3. The van der Waals surface area contributed by atoms with E-state index in [0.717, 1.165) is 0 Å². The molecule has 0 fully saturated rings. The van der Waals surface area contributed by atoms with Gasteiger partial charge in [0.1, 0.15) is 54.4 Å². The van der Waals surface area contributed by atoms with Gasteiger partial charge in [-0.2, -0.15) is 0 Å². The molecular formula is C64H127N31O11. The van der Waals surface area contributed by atoms with Gasteiger partial charge in [-0.1, -0.05) is 25.7 Å². The maximum Gasteiger partial charge on any atom is 0.243 e. The Labute approximate surface area is 620 Å². The number of guanidine groups is 6. The van der Waals surface area contributed by atoms with Crippen LogP contribution in [0, 0.1) is 0 Å². The lowest BCUT2D eigenvalue weighted by Crippen LogP contribution is -2.60. The van der Waals surface area contributed by atoms with Crippen molar-refractivity contribution in [2.45, 2.75) is 248 Å². The van der Waals surface area contributed by atoms with Crippen LogP contribution in [0.3, 0.4) is 0 Å². The number of carbonyl (C=O) groups excluding carboxylic acids is 11. The average Bonchev–Trinajstić information content (AvgIpc) is 0.862. The topological polar surface area (TPSA) is 787 Å². The van der Waals surface area contributed by atoms with Crippen LogP contribution in [0.15, 0.2) is 30.0 Å². The molecule has 41 N–H and O–H groups in total. The number of unbranched alkanes of at least 4 members (excludes halogenated alkanes) is 10. The lowest BCUT2D eigenvalue weighted by molar-refractivity contribution is -0.136. The van der Waals surface area contributed by atoms with Crippen LogP contribution in [-0.4, -0.2) is 207 Å². The molecule has 0 aliphatic heterocycles. The van der Waals surface area contributed by atoms with E-state index in [2.05, 4.69) is 77.8 Å². The normalized spacial score (nSPS) is 13.3. The molecule has 0 saturated carbocycles. The van der Waals surface area contributed by atoms with E-state index in [1.54, 1.807) is 0 Å². The number of primary amides is 2. The molecule has 0 radical (unpaired) electrons. The number of nitrogens with two attached hydrogens (primary N) is 16. The van der Waals surface area contributed by atoms with Crippen molar-refractivity contribution in [1.29, 1.82) is 0 Å². The van der Waals surface area contributed by atoms with Gasteiger partial charge in [-0.05, 0) is 167 Å². The third-order valence-corrected chi connectivity index (χ3v) is 16.3. The van der Waals surface area contributed by atoms with E-state index < -0.39 is 119 Å². The molecule has 0 aromatic heterocycles. The summed E-state index contributed by atoms with van der Waals surface area (Å²) in [6, 6.07) is -12.1. The van der Waals surface area contributed by atoms with Crippen molar-refractivity contribution in [3.05, 3.63) is 0 Å². The molecular weight excluding hydrogens is 1380 g/mol. The zero-order valence-electron chi connectivity index (χ0n) is 61.8. The van der Waals surface area contributed by atoms with Crippen molar-refractivity contribution >= 4 is 101 Å². The number of carbonyl (C=O) groups is 11. The second-order valence-electron chi connectivity index (χ2n) is 25.6. The fraction of sp³-hybridized carbons (Fsp3) is 0.734. The van der Waals surface area contributed by atoms with Gasteiger partial charge in [0.15, 0.2) is 35.8 Å². The molecule has 0 saturated heterocycles. The standard InChI is InChI=1S/C64H127N31O11/c1-39(96)87-41(24-7-15-34-82-60(71)72)51(99)89-42(22-4-2-12-31-65)53(101)90-43(23-5-3-13-32-66)54(102)92-45(26-9-17-36-84-62(75)76)56(104)93-47(28-11-19-38-86-64(79)80)57(105)95-48(29-20-30-49(67)97)58(106)94-46(27-10-18-37-85-63(77)78)55(103)91-44(25-8-16-35-83-61(73)74)52(100)88-40(50(68)98)21-6-14-33-81-59(69)70/h40-48H,2-38,65-66H2,1H3,(H2,67,97)(H2,68,98)(H,87,96)(H,88,100)(H,89,99)(H,90,101)(H,91,103)(H,92,102)(H,93,104)(H,94,106)(H,95,105)(H4,69,70,81)(H4,71,72,82)(H4,73,74,83)(H4,75,76,84)(H4,77,78,85)(H4,79,80,86)/t40-,41-,42-,43-,44-,45-,46-,47-,48-/m0/s1. The van der Waals surface area contributed by atoms with E-state index in [0.29, 0.717) is 96.6 Å². The first-order valence-electron chi connectivity index (χ1n) is 36.3. The van der Waals surface area contributed by atoms with Crippen LogP contribution in [0.4, 0.5) is 0 Å². The highest BCUT2D eigenvalue weighted by atomic mass is 16.2. The van der Waals surface area contributed by atoms with Gasteiger partial charge < -0.3 is 140 Å². The van der Waals surface area contributed by atoms with Crippen LogP contribution in [0.25, 0.3) is 0 Å². The highest BCUT2D eigenvalue weighted by Gasteiger charge is 2.36. The third kappa shape index (κ3) is 49.4. The summed E-state index contributed by atoms with van der Waals surface area (Å²) in [7, 11) is 0. The maximum atomic E-state index is 15.0. The minimum absolute atomic E-state index is 0.0222. The number of hydrogen-bond donors (Lipinski definition) is 25. The van der Waals surface area contributed by atoms with Crippen LogP contribution < -0.4 is 140 Å². The molecule has 0 aliphatic rings. The van der Waals surface area contributed by atoms with Gasteiger partial charge >= 0.3 is 0 Å². The van der Waals surface area contributed by atoms with Crippen LogP contribution in [0.1, 0.15) is 193 Å². The lowest BCUT2D eigenvalue weighted by Gasteiger charge is -2.28. The molecule has 9 atom stereocenters. The SMILES string of the molecule is CC(=O)N[C@@H](CCCCN=C(N)N)C(=O)N[C@@H](CCCCCN)C(=O)N[C@@H](CCCCCN)C(=O)N[C@@H](CCCCN=C(N)N)C(=O)N[C@@H](CCCCN=C(N)N)C(=O)N[C@@H](CCCC(N)=O)C(=O)N[C@@H](CCCCN=C(N)N)C(=O)N[C@@H](CCCCN=C(N)N)C(=O)N[C@@H](CCCCN=C(N)N)C(N)=O. The van der Waals surface area contributed by atoms with E-state index >= 15 is 0 Å². The Kier molecular flexibility index (Phi) is 52.4. The summed E-state index contributed by atoms with van der Waals surface area (Å²) in [5.74, 6) is -9.75. The first-order chi connectivity index (χ1) is 50.3. The Hall–Kier alpha value is -10.3. The largest absolute Gasteiger partial charge is 0.370 e. The van der Waals surface area contributed by atoms with Crippen LogP contribution in [0.2, 0.25) is 0 Å². The molecule has 604 valence electrons. The van der Waals surface area contributed by atoms with Gasteiger partial charge in [0.2, 0.25) is 65.0 Å². The van der Waals surface area contributed by atoms with Crippen molar-refractivity contribution in [1.82, 2.24) is 47.9 Å². The molecule has 0 spiro atoms. The fourth-order valence-electron chi connectivity index (χ4n) is 10.7. The Balaban J connectivity index is 7.82. The van der Waals surface area contributed by atoms with E-state index in [-0.39, 0.29) is 178 Å². The van der Waals surface area contributed by atoms with Crippen LogP contribution in [-0.2, 0) is 52.7 Å². The van der Waals surface area contributed by atoms with Gasteiger partial charge in [0, 0.05) is 52.6 Å². The van der Waals surface area contributed by atoms with Crippen LogP contribution in [0.5, 0.6) is 0 Å². The molecule has 0 aromatic rings. The van der Waals surface area contributed by atoms with Crippen molar-refractivity contribution in [2.75, 3.05) is 52.4 Å². The highest BCUT2D eigenvalue weighted by molar-refractivity contribution is 5.98. The van der Waals surface area contributed by atoms with Gasteiger partial charge in [0.25, 0.3) is 0 Å². The minimum atomic E-state index is -1.55. The molecule has 0 aliphatic carbocycles. The zero-order valence-corrected chi connectivity index (χ0v) is 61.8. The lowest BCUT2D eigenvalue weighted by atomic mass is 10.0. The molecule has 42 nitrogen and oxygen atoms in total. The van der Waals surface area contributed by atoms with Crippen molar-refractivity contribution in [3.8, 4) is 0 Å². The molecule has 106 heavy (non-hydrogen) atoms. The maximum absolute atomic E-state index is 15.0. The minimum Gasteiger partial charge on any atom is -0.370 e. The Bertz CT molecular complexity index is 2860. The van der Waals surface area contributed by atoms with Gasteiger partial charge in [-0.25, -0.2) is 0 Å². The summed E-state index contributed by atoms with van der Waals surface area (Å²) in [6.07, 6.45) is 6.36. The summed E-state index contributed by atoms with van der Waals surface area (Å²) < 4.78 is 0. The Morgan fingerprint density at radius 3 is 0.594 bits per heavy atom. The molecule has 11 amide bonds. The van der Waals surface area contributed by atoms with Crippen molar-refractivity contribution in [2.24, 2.45) is 122 Å². The molecule has 0 rings (SSSR count). The van der Waals surface area contributed by atoms with Gasteiger partial charge in [-0.15, -0.1) is 0 Å². The summed E-state index contributed by atoms with van der Waals surface area (Å²) in [6.45, 7) is 2.98. The number of aliphatic imine (C=N–C) groups is 6. The van der Waals surface area contributed by atoms with E-state index in [1.165, 1.54) is 6.92 Å². The fourth-order valence-corrected chi connectivity index (χ4v) is 10.7. The predicted molar refractivity (Wildman–Crippen MR) is 408 cm³/mol. The molecule has 0 aromatic carbocycles. The van der Waals surface area contributed by atoms with Gasteiger partial charge in [-0.3, -0.25) is 82.7 Å². The van der Waals surface area contributed by atoms with Crippen molar-refractivity contribution in [3.63, 3.8) is 0 Å². The number of hydrogen-bond acceptors (Lipinski definition) is 19. The molecule has 42 heteroatoms. The number of nitrogens with one attached hydrogen (secondary N) is 9. The molecule has 0 heterocycles. The molecule has 0 bridgehead atoms. The summed E-state index contributed by atoms with van der Waals surface area (Å²) >= 11 is 0. The van der Waals surface area contributed by atoms with E-state index in [9.17, 15) is 52.7 Å². The smallest absolute Gasteiger partial charge is 0.243 e. The zero-order chi connectivity index (χ0) is 79.8. The number of rotatable bonds is 62. The first kappa shape index (κ1) is 95.7. The monoisotopic (exact) mass is 1510 g/mol. The summed E-state index contributed by atoms with van der Waals surface area (Å²) in [4.78, 5) is 178. The van der Waals surface area contributed by atoms with Gasteiger partial charge in [0.05, 0.1) is 0 Å². The number of nitrogens with zero attached hydrogens (tertiary/aromatic N) is 6. The highest BCUT2D eigenvalue weighted by Crippen LogP contribution is 2.15. The van der Waals surface area contributed by atoms with Crippen molar-refractivity contribution < 1.29 is 52.7 Å². The number of amides is 11. The predicted octanol–water partition coefficient (Wildman–Crippen LogP) is -7.79. The second kappa shape index (κ2) is 58.0. The molecule has 0 unspecified atom stereocenters. The summed E-state index contributed by atoms with van der Waals surface area (Å²) in [5, 5.41) is 24.5. The first-order valence-corrected chi connectivity index (χ1v) is 36.3. The average molecular weight is 1510 g/mol. The van der Waals surface area contributed by atoms with Crippen LogP contribution >= 0.6 is 0 Å². The Morgan fingerprint density at radius 2 is 0.415 bits per heavy atom. The second-order valence-corrected chi connectivity index (χ2v) is 25.6. The third-order valence-electron chi connectivity index (χ3n) is 16.3. The van der Waals surface area contributed by atoms with E-state index in [4.69, 9.17) is 91.7 Å². The van der Waals surface area contributed by atoms with E-state index in [1.807, 2.05) is 0 Å². The quantitative estimate of drug-likeness (QED) is 0.0153. The Morgan fingerprint density at radius 1 is 0.236 bits per heavy atom.